The molecule has 1 fully saturated rings. The molecule has 1 aliphatic heterocycles. The number of hydrogen-bond donors (Lipinski definition) is 0. The van der Waals surface area contributed by atoms with Crippen molar-refractivity contribution in [3.05, 3.63) is 35.9 Å². The Morgan fingerprint density at radius 1 is 1.32 bits per heavy atom. The van der Waals surface area contributed by atoms with Crippen LogP contribution in [0, 0.1) is 0 Å². The Morgan fingerprint density at radius 3 is 2.79 bits per heavy atom. The highest BCUT2D eigenvalue weighted by Crippen LogP contribution is 2.18. The van der Waals surface area contributed by atoms with E-state index in [1.54, 1.807) is 7.11 Å². The predicted molar refractivity (Wildman–Crippen MR) is 75.2 cm³/mol. The van der Waals surface area contributed by atoms with Crippen LogP contribution in [0.1, 0.15) is 5.56 Å². The van der Waals surface area contributed by atoms with Crippen LogP contribution in [0.25, 0.3) is 6.08 Å². The molecule has 0 aliphatic carbocycles. The first-order valence-electron chi connectivity index (χ1n) is 6.51. The van der Waals surface area contributed by atoms with Gasteiger partial charge in [0.1, 0.15) is 5.75 Å². The first-order valence-corrected chi connectivity index (χ1v) is 6.51. The topological polar surface area (TPSA) is 30.9 Å². The molecule has 104 valence electrons. The summed E-state index contributed by atoms with van der Waals surface area (Å²) in [5.74, 6) is 0.892. The maximum atomic E-state index is 5.42. The zero-order valence-corrected chi connectivity index (χ0v) is 11.5. The van der Waals surface area contributed by atoms with Crippen LogP contribution >= 0.6 is 0 Å². The van der Waals surface area contributed by atoms with Gasteiger partial charge in [-0.05, 0) is 13.1 Å². The fourth-order valence-electron chi connectivity index (χ4n) is 2.01. The van der Waals surface area contributed by atoms with E-state index in [0.717, 1.165) is 24.4 Å². The minimum atomic E-state index is -0.0790. The summed E-state index contributed by atoms with van der Waals surface area (Å²) < 4.78 is 16.1. The van der Waals surface area contributed by atoms with E-state index in [1.165, 1.54) is 0 Å². The maximum Gasteiger partial charge on any atom is 0.170 e. The first kappa shape index (κ1) is 14.1. The van der Waals surface area contributed by atoms with Gasteiger partial charge in [0.2, 0.25) is 0 Å². The standard InChI is InChI=1S/C15H21NO3/c1-16(12-15-18-10-11-19-15)9-5-7-13-6-3-4-8-14(13)17-2/h3-8,15H,9-12H2,1-2H3/b7-5+. The number of rotatable bonds is 6. The molecule has 1 aromatic carbocycles. The Hall–Kier alpha value is -1.36. The Kier molecular flexibility index (Phi) is 5.39. The van der Waals surface area contributed by atoms with Gasteiger partial charge in [0, 0.05) is 18.7 Å². The number of hydrogen-bond acceptors (Lipinski definition) is 4. The summed E-state index contributed by atoms with van der Waals surface area (Å²) in [7, 11) is 3.74. The number of likely N-dealkylation sites (N-methyl/N-ethyl adjacent to an activating group) is 1. The molecule has 1 heterocycles. The Morgan fingerprint density at radius 2 is 2.05 bits per heavy atom. The van der Waals surface area contributed by atoms with E-state index in [1.807, 2.05) is 24.3 Å². The minimum Gasteiger partial charge on any atom is -0.496 e. The molecule has 0 atom stereocenters. The molecule has 0 amide bonds. The van der Waals surface area contributed by atoms with E-state index in [4.69, 9.17) is 14.2 Å². The van der Waals surface area contributed by atoms with E-state index in [0.29, 0.717) is 13.2 Å². The van der Waals surface area contributed by atoms with Crippen molar-refractivity contribution in [3.63, 3.8) is 0 Å². The van der Waals surface area contributed by atoms with Gasteiger partial charge in [-0.3, -0.25) is 4.90 Å². The van der Waals surface area contributed by atoms with Gasteiger partial charge in [0.05, 0.1) is 20.3 Å². The van der Waals surface area contributed by atoms with Gasteiger partial charge in [-0.15, -0.1) is 0 Å². The van der Waals surface area contributed by atoms with Crippen LogP contribution in [0.4, 0.5) is 0 Å². The monoisotopic (exact) mass is 263 g/mol. The number of methoxy groups -OCH3 is 1. The smallest absolute Gasteiger partial charge is 0.170 e. The fourth-order valence-corrected chi connectivity index (χ4v) is 2.01. The average molecular weight is 263 g/mol. The number of benzene rings is 1. The lowest BCUT2D eigenvalue weighted by Crippen LogP contribution is -2.29. The molecule has 19 heavy (non-hydrogen) atoms. The first-order chi connectivity index (χ1) is 9.29. The Labute approximate surface area is 114 Å². The molecular formula is C15H21NO3. The molecule has 4 heteroatoms. The normalized spacial score (nSPS) is 16.6. The minimum absolute atomic E-state index is 0.0790. The fraction of sp³-hybridized carbons (Fsp3) is 0.467. The largest absolute Gasteiger partial charge is 0.496 e. The summed E-state index contributed by atoms with van der Waals surface area (Å²) in [6.45, 7) is 3.04. The molecule has 1 aliphatic rings. The maximum absolute atomic E-state index is 5.42. The molecule has 0 unspecified atom stereocenters. The van der Waals surface area contributed by atoms with E-state index in [9.17, 15) is 0 Å². The Balaban J connectivity index is 1.81. The molecular weight excluding hydrogens is 242 g/mol. The molecule has 4 nitrogen and oxygen atoms in total. The summed E-state index contributed by atoms with van der Waals surface area (Å²) in [6.07, 6.45) is 4.11. The number of nitrogens with zero attached hydrogens (tertiary/aromatic N) is 1. The molecule has 0 radical (unpaired) electrons. The lowest BCUT2D eigenvalue weighted by atomic mass is 10.2. The van der Waals surface area contributed by atoms with E-state index in [2.05, 4.69) is 24.1 Å². The quantitative estimate of drug-likeness (QED) is 0.785. The van der Waals surface area contributed by atoms with Crippen LogP contribution in [0.2, 0.25) is 0 Å². The summed E-state index contributed by atoms with van der Waals surface area (Å²) in [5.41, 5.74) is 1.09. The molecule has 0 N–H and O–H groups in total. The lowest BCUT2D eigenvalue weighted by Gasteiger charge is -2.18. The summed E-state index contributed by atoms with van der Waals surface area (Å²) >= 11 is 0. The number of ether oxygens (including phenoxy) is 3. The molecule has 0 saturated carbocycles. The molecule has 2 rings (SSSR count). The molecule has 0 aromatic heterocycles. The van der Waals surface area contributed by atoms with Crippen molar-refractivity contribution in [1.29, 1.82) is 0 Å². The van der Waals surface area contributed by atoms with Crippen molar-refractivity contribution < 1.29 is 14.2 Å². The van der Waals surface area contributed by atoms with E-state index in [-0.39, 0.29) is 6.29 Å². The van der Waals surface area contributed by atoms with Gasteiger partial charge in [-0.25, -0.2) is 0 Å². The van der Waals surface area contributed by atoms with Crippen molar-refractivity contribution >= 4 is 6.08 Å². The van der Waals surface area contributed by atoms with Gasteiger partial charge in [0.25, 0.3) is 0 Å². The third kappa shape index (κ3) is 4.35. The number of para-hydroxylation sites is 1. The van der Waals surface area contributed by atoms with E-state index >= 15 is 0 Å². The highest BCUT2D eigenvalue weighted by atomic mass is 16.7. The average Bonchev–Trinajstić information content (AvgIpc) is 2.92. The van der Waals surface area contributed by atoms with Gasteiger partial charge in [0.15, 0.2) is 6.29 Å². The summed E-state index contributed by atoms with van der Waals surface area (Å²) in [5, 5.41) is 0. The van der Waals surface area contributed by atoms with Gasteiger partial charge in [-0.1, -0.05) is 30.4 Å². The van der Waals surface area contributed by atoms with E-state index < -0.39 is 0 Å². The van der Waals surface area contributed by atoms with Crippen molar-refractivity contribution in [2.75, 3.05) is 40.5 Å². The zero-order chi connectivity index (χ0) is 13.5. The zero-order valence-electron chi connectivity index (χ0n) is 11.5. The molecule has 0 bridgehead atoms. The molecule has 1 saturated heterocycles. The Bertz CT molecular complexity index is 414. The third-order valence-corrected chi connectivity index (χ3v) is 3.00. The summed E-state index contributed by atoms with van der Waals surface area (Å²) in [6, 6.07) is 7.98. The van der Waals surface area contributed by atoms with Gasteiger partial charge in [-0.2, -0.15) is 0 Å². The van der Waals surface area contributed by atoms with Crippen molar-refractivity contribution in [1.82, 2.24) is 4.90 Å². The predicted octanol–water partition coefficient (Wildman–Crippen LogP) is 2.01. The van der Waals surface area contributed by atoms with Gasteiger partial charge >= 0.3 is 0 Å². The summed E-state index contributed by atoms with van der Waals surface area (Å²) in [4.78, 5) is 2.17. The van der Waals surface area contributed by atoms with Crippen LogP contribution in [-0.2, 0) is 9.47 Å². The van der Waals surface area contributed by atoms with Crippen LogP contribution in [0.5, 0.6) is 5.75 Å². The third-order valence-electron chi connectivity index (χ3n) is 3.00. The highest BCUT2D eigenvalue weighted by molar-refractivity contribution is 5.57. The van der Waals surface area contributed by atoms with Gasteiger partial charge < -0.3 is 14.2 Å². The molecule has 0 spiro atoms. The second-order valence-corrected chi connectivity index (χ2v) is 4.54. The van der Waals surface area contributed by atoms with Crippen LogP contribution < -0.4 is 4.74 Å². The van der Waals surface area contributed by atoms with Crippen molar-refractivity contribution in [2.45, 2.75) is 6.29 Å². The molecule has 1 aromatic rings. The van der Waals surface area contributed by atoms with Crippen LogP contribution in [0.15, 0.2) is 30.3 Å². The lowest BCUT2D eigenvalue weighted by molar-refractivity contribution is -0.0566. The second kappa shape index (κ2) is 7.28. The SMILES string of the molecule is COc1ccccc1/C=C/CN(C)CC1OCCO1. The highest BCUT2D eigenvalue weighted by Gasteiger charge is 2.16. The second-order valence-electron chi connectivity index (χ2n) is 4.54. The van der Waals surface area contributed by atoms with Crippen molar-refractivity contribution in [3.8, 4) is 5.75 Å². The van der Waals surface area contributed by atoms with Crippen molar-refractivity contribution in [2.24, 2.45) is 0 Å². The van der Waals surface area contributed by atoms with Crippen LogP contribution in [0.3, 0.4) is 0 Å². The van der Waals surface area contributed by atoms with Crippen LogP contribution in [-0.4, -0.2) is 51.7 Å².